The van der Waals surface area contributed by atoms with Gasteiger partial charge in [-0.15, -0.1) is 0 Å². The minimum atomic E-state index is -0.0484. The highest BCUT2D eigenvalue weighted by atomic mass is 16.5. The third kappa shape index (κ3) is 5.54. The molecule has 1 fully saturated rings. The summed E-state index contributed by atoms with van der Waals surface area (Å²) < 4.78 is 7.04. The summed E-state index contributed by atoms with van der Waals surface area (Å²) in [4.78, 5) is 32.0. The minimum Gasteiger partial charge on any atom is -0.497 e. The second-order valence-electron chi connectivity index (χ2n) is 8.53. The predicted molar refractivity (Wildman–Crippen MR) is 136 cm³/mol. The molecule has 0 aliphatic carbocycles. The number of aromatic nitrogens is 2. The minimum absolute atomic E-state index is 0.0484. The van der Waals surface area contributed by atoms with Gasteiger partial charge in [-0.3, -0.25) is 14.5 Å². The van der Waals surface area contributed by atoms with E-state index in [0.717, 1.165) is 17.0 Å². The van der Waals surface area contributed by atoms with Crippen molar-refractivity contribution in [3.05, 3.63) is 66.4 Å². The first kappa shape index (κ1) is 24.5. The zero-order valence-corrected chi connectivity index (χ0v) is 20.7. The van der Waals surface area contributed by atoms with E-state index >= 15 is 0 Å². The number of methoxy groups -OCH3 is 1. The van der Waals surface area contributed by atoms with Crippen LogP contribution in [0.3, 0.4) is 0 Å². The standard InChI is InChI=1S/C27H33N5O3/c1-4-30(5-2)25(33)20-29-15-17-31(18-16-29)27(34)24-19-32(22-9-7-6-8-10-22)28-26(24)21-11-13-23(35-3)14-12-21/h6-14,19H,4-5,15-18,20H2,1-3H3. The first-order valence-corrected chi connectivity index (χ1v) is 12.1. The number of hydrogen-bond donors (Lipinski definition) is 0. The largest absolute Gasteiger partial charge is 0.497 e. The molecular weight excluding hydrogens is 442 g/mol. The van der Waals surface area contributed by atoms with E-state index in [1.165, 1.54) is 0 Å². The highest BCUT2D eigenvalue weighted by Crippen LogP contribution is 2.27. The van der Waals surface area contributed by atoms with Gasteiger partial charge in [-0.05, 0) is 50.2 Å². The molecule has 8 heteroatoms. The predicted octanol–water partition coefficient (Wildman–Crippen LogP) is 3.17. The number of ether oxygens (including phenoxy) is 1. The Balaban J connectivity index is 1.54. The molecule has 3 aromatic rings. The van der Waals surface area contributed by atoms with E-state index in [9.17, 15) is 9.59 Å². The summed E-state index contributed by atoms with van der Waals surface area (Å²) in [5, 5.41) is 4.78. The molecule has 0 radical (unpaired) electrons. The van der Waals surface area contributed by atoms with Crippen LogP contribution in [0.5, 0.6) is 5.75 Å². The maximum Gasteiger partial charge on any atom is 0.257 e. The van der Waals surface area contributed by atoms with Gasteiger partial charge in [0.25, 0.3) is 5.91 Å². The molecule has 184 valence electrons. The first-order valence-electron chi connectivity index (χ1n) is 12.1. The Morgan fingerprint density at radius 3 is 2.20 bits per heavy atom. The molecule has 0 spiro atoms. The van der Waals surface area contributed by atoms with Crippen molar-refractivity contribution in [2.75, 3.05) is 52.9 Å². The highest BCUT2D eigenvalue weighted by Gasteiger charge is 2.28. The number of carbonyl (C=O) groups excluding carboxylic acids is 2. The van der Waals surface area contributed by atoms with E-state index in [2.05, 4.69) is 4.90 Å². The third-order valence-electron chi connectivity index (χ3n) is 6.46. The molecule has 0 atom stereocenters. The average Bonchev–Trinajstić information content (AvgIpc) is 3.35. The third-order valence-corrected chi connectivity index (χ3v) is 6.46. The highest BCUT2D eigenvalue weighted by molar-refractivity contribution is 6.00. The summed E-state index contributed by atoms with van der Waals surface area (Å²) in [6.07, 6.45) is 1.81. The van der Waals surface area contributed by atoms with Gasteiger partial charge in [0, 0.05) is 51.0 Å². The van der Waals surface area contributed by atoms with E-state index in [4.69, 9.17) is 9.84 Å². The molecule has 8 nitrogen and oxygen atoms in total. The number of para-hydroxylation sites is 1. The quantitative estimate of drug-likeness (QED) is 0.501. The molecular formula is C27H33N5O3. The van der Waals surface area contributed by atoms with Crippen LogP contribution < -0.4 is 4.74 Å². The van der Waals surface area contributed by atoms with Gasteiger partial charge in [-0.2, -0.15) is 5.10 Å². The Labute approximate surface area is 206 Å². The Kier molecular flexibility index (Phi) is 7.82. The maximum absolute atomic E-state index is 13.6. The second-order valence-corrected chi connectivity index (χ2v) is 8.53. The van der Waals surface area contributed by atoms with Gasteiger partial charge in [-0.25, -0.2) is 4.68 Å². The normalized spacial score (nSPS) is 14.1. The molecule has 0 saturated carbocycles. The van der Waals surface area contributed by atoms with Crippen molar-refractivity contribution in [3.8, 4) is 22.7 Å². The number of carbonyl (C=O) groups is 2. The lowest BCUT2D eigenvalue weighted by molar-refractivity contribution is -0.132. The lowest BCUT2D eigenvalue weighted by Crippen LogP contribution is -2.51. The Bertz CT molecular complexity index is 1130. The van der Waals surface area contributed by atoms with Gasteiger partial charge in [0.15, 0.2) is 0 Å². The van der Waals surface area contributed by atoms with Gasteiger partial charge in [0.1, 0.15) is 11.4 Å². The molecule has 1 aromatic heterocycles. The van der Waals surface area contributed by atoms with Crippen LogP contribution in [-0.4, -0.2) is 89.2 Å². The summed E-state index contributed by atoms with van der Waals surface area (Å²) >= 11 is 0. The number of hydrogen-bond acceptors (Lipinski definition) is 5. The number of likely N-dealkylation sites (N-methyl/N-ethyl adjacent to an activating group) is 1. The smallest absolute Gasteiger partial charge is 0.257 e. The van der Waals surface area contributed by atoms with Crippen LogP contribution in [-0.2, 0) is 4.79 Å². The zero-order chi connectivity index (χ0) is 24.8. The van der Waals surface area contributed by atoms with Crippen LogP contribution in [0, 0.1) is 0 Å². The van der Waals surface area contributed by atoms with Crippen LogP contribution >= 0.6 is 0 Å². The fraction of sp³-hybridized carbons (Fsp3) is 0.370. The molecule has 1 saturated heterocycles. The molecule has 4 rings (SSSR count). The van der Waals surface area contributed by atoms with Gasteiger partial charge >= 0.3 is 0 Å². The topological polar surface area (TPSA) is 70.9 Å². The van der Waals surface area contributed by atoms with E-state index < -0.39 is 0 Å². The second kappa shape index (κ2) is 11.2. The monoisotopic (exact) mass is 475 g/mol. The molecule has 0 bridgehead atoms. The summed E-state index contributed by atoms with van der Waals surface area (Å²) in [5.41, 5.74) is 2.95. The molecule has 1 aliphatic heterocycles. The van der Waals surface area contributed by atoms with Crippen LogP contribution in [0.2, 0.25) is 0 Å². The molecule has 0 N–H and O–H groups in total. The van der Waals surface area contributed by atoms with Crippen LogP contribution in [0.4, 0.5) is 0 Å². The zero-order valence-electron chi connectivity index (χ0n) is 20.7. The van der Waals surface area contributed by atoms with E-state index in [1.807, 2.05) is 84.4 Å². The lowest BCUT2D eigenvalue weighted by atomic mass is 10.1. The van der Waals surface area contributed by atoms with E-state index in [0.29, 0.717) is 57.1 Å². The SMILES string of the molecule is CCN(CC)C(=O)CN1CCN(C(=O)c2cn(-c3ccccc3)nc2-c2ccc(OC)cc2)CC1. The molecule has 35 heavy (non-hydrogen) atoms. The molecule has 0 unspecified atom stereocenters. The summed E-state index contributed by atoms with van der Waals surface area (Å²) in [6, 6.07) is 17.4. The van der Waals surface area contributed by atoms with Gasteiger partial charge in [0.2, 0.25) is 5.91 Å². The Morgan fingerprint density at radius 2 is 1.60 bits per heavy atom. The number of nitrogens with zero attached hydrogens (tertiary/aromatic N) is 5. The molecule has 2 aromatic carbocycles. The number of rotatable bonds is 8. The van der Waals surface area contributed by atoms with Crippen molar-refractivity contribution in [2.24, 2.45) is 0 Å². The van der Waals surface area contributed by atoms with Crippen molar-refractivity contribution in [3.63, 3.8) is 0 Å². The van der Waals surface area contributed by atoms with Crippen molar-refractivity contribution < 1.29 is 14.3 Å². The van der Waals surface area contributed by atoms with Crippen LogP contribution in [0.25, 0.3) is 16.9 Å². The van der Waals surface area contributed by atoms with Crippen molar-refractivity contribution in [2.45, 2.75) is 13.8 Å². The fourth-order valence-corrected chi connectivity index (χ4v) is 4.35. The summed E-state index contributed by atoms with van der Waals surface area (Å²) in [7, 11) is 1.63. The summed E-state index contributed by atoms with van der Waals surface area (Å²) in [5.74, 6) is 0.841. The van der Waals surface area contributed by atoms with Crippen molar-refractivity contribution in [1.82, 2.24) is 24.5 Å². The summed E-state index contributed by atoms with van der Waals surface area (Å²) in [6.45, 7) is 8.30. The van der Waals surface area contributed by atoms with Crippen LogP contribution in [0.15, 0.2) is 60.8 Å². The van der Waals surface area contributed by atoms with Crippen molar-refractivity contribution in [1.29, 1.82) is 0 Å². The molecule has 2 amide bonds. The lowest BCUT2D eigenvalue weighted by Gasteiger charge is -2.35. The maximum atomic E-state index is 13.6. The number of piperazine rings is 1. The molecule has 1 aliphatic rings. The van der Waals surface area contributed by atoms with Gasteiger partial charge in [-0.1, -0.05) is 18.2 Å². The first-order chi connectivity index (χ1) is 17.0. The molecule has 2 heterocycles. The number of benzene rings is 2. The van der Waals surface area contributed by atoms with Gasteiger partial charge in [0.05, 0.1) is 24.9 Å². The Morgan fingerprint density at radius 1 is 0.943 bits per heavy atom. The van der Waals surface area contributed by atoms with E-state index in [1.54, 1.807) is 11.8 Å². The number of amides is 2. The van der Waals surface area contributed by atoms with Crippen molar-refractivity contribution >= 4 is 11.8 Å². The van der Waals surface area contributed by atoms with Gasteiger partial charge < -0.3 is 14.5 Å². The van der Waals surface area contributed by atoms with E-state index in [-0.39, 0.29) is 11.8 Å². The average molecular weight is 476 g/mol. The Hall–Kier alpha value is -3.65. The van der Waals surface area contributed by atoms with Crippen LogP contribution in [0.1, 0.15) is 24.2 Å². The fourth-order valence-electron chi connectivity index (χ4n) is 4.35.